The first-order chi connectivity index (χ1) is 12.2. The maximum Gasteiger partial charge on any atom is 0.237 e. The zero-order valence-electron chi connectivity index (χ0n) is 14.0. The number of aromatic nitrogens is 5. The predicted octanol–water partition coefficient (Wildman–Crippen LogP) is 3.48. The summed E-state index contributed by atoms with van der Waals surface area (Å²) >= 11 is 7.51. The van der Waals surface area contributed by atoms with Gasteiger partial charge >= 0.3 is 0 Å². The number of halogens is 1. The van der Waals surface area contributed by atoms with Gasteiger partial charge in [0, 0.05) is 30.7 Å². The van der Waals surface area contributed by atoms with Gasteiger partial charge in [-0.05, 0) is 19.1 Å². The number of rotatable bonds is 8. The van der Waals surface area contributed by atoms with Crippen LogP contribution in [0.2, 0.25) is 5.02 Å². The molecule has 0 fully saturated rings. The summed E-state index contributed by atoms with van der Waals surface area (Å²) in [5.41, 5.74) is 0.825. The smallest absolute Gasteiger partial charge is 0.237 e. The minimum absolute atomic E-state index is 0.524. The van der Waals surface area contributed by atoms with Crippen LogP contribution in [0.5, 0.6) is 0 Å². The highest BCUT2D eigenvalue weighted by molar-refractivity contribution is 7.98. The molecule has 2 aromatic heterocycles. The molecule has 0 unspecified atom stereocenters. The lowest BCUT2D eigenvalue weighted by Crippen LogP contribution is -2.06. The second kappa shape index (κ2) is 8.46. The van der Waals surface area contributed by atoms with Crippen LogP contribution in [0.3, 0.4) is 0 Å². The van der Waals surface area contributed by atoms with Crippen molar-refractivity contribution in [3.05, 3.63) is 41.0 Å². The Kier molecular flexibility index (Phi) is 6.06. The van der Waals surface area contributed by atoms with E-state index in [0.717, 1.165) is 29.5 Å². The molecule has 0 aliphatic carbocycles. The van der Waals surface area contributed by atoms with Crippen LogP contribution in [0.4, 0.5) is 0 Å². The third-order valence-electron chi connectivity index (χ3n) is 3.52. The van der Waals surface area contributed by atoms with Crippen molar-refractivity contribution in [2.45, 2.75) is 30.8 Å². The molecule has 25 heavy (non-hydrogen) atoms. The van der Waals surface area contributed by atoms with E-state index in [4.69, 9.17) is 20.9 Å². The van der Waals surface area contributed by atoms with Gasteiger partial charge in [0.1, 0.15) is 5.82 Å². The van der Waals surface area contributed by atoms with E-state index in [1.807, 2.05) is 12.1 Å². The molecular weight excluding hydrogens is 362 g/mol. The topological polar surface area (TPSA) is 78.9 Å². The molecular formula is C16H18ClN5O2S. The normalized spacial score (nSPS) is 11.2. The summed E-state index contributed by atoms with van der Waals surface area (Å²) in [5.74, 6) is 2.49. The quantitative estimate of drug-likeness (QED) is 0.554. The molecule has 0 saturated carbocycles. The fourth-order valence-electron chi connectivity index (χ4n) is 2.31. The lowest BCUT2D eigenvalue weighted by molar-refractivity contribution is 0.199. The number of hydrogen-bond donors (Lipinski definition) is 0. The average molecular weight is 380 g/mol. The molecule has 0 radical (unpaired) electrons. The highest BCUT2D eigenvalue weighted by Crippen LogP contribution is 2.24. The van der Waals surface area contributed by atoms with Crippen molar-refractivity contribution in [2.75, 3.05) is 13.7 Å². The lowest BCUT2D eigenvalue weighted by atomic mass is 10.2. The van der Waals surface area contributed by atoms with Gasteiger partial charge in [-0.15, -0.1) is 10.2 Å². The monoisotopic (exact) mass is 379 g/mol. The van der Waals surface area contributed by atoms with Crippen molar-refractivity contribution in [3.8, 4) is 11.4 Å². The molecule has 7 nitrogen and oxygen atoms in total. The lowest BCUT2D eigenvalue weighted by Gasteiger charge is -2.05. The Morgan fingerprint density at radius 3 is 2.96 bits per heavy atom. The molecule has 0 spiro atoms. The van der Waals surface area contributed by atoms with Crippen LogP contribution in [0.25, 0.3) is 11.4 Å². The van der Waals surface area contributed by atoms with Crippen LogP contribution in [0.15, 0.2) is 33.9 Å². The van der Waals surface area contributed by atoms with E-state index in [2.05, 4.69) is 31.8 Å². The molecule has 1 aromatic carbocycles. The minimum atomic E-state index is 0.524. The van der Waals surface area contributed by atoms with E-state index in [1.54, 1.807) is 19.2 Å². The van der Waals surface area contributed by atoms with Crippen LogP contribution in [-0.2, 0) is 23.5 Å². The number of ether oxygens (including phenoxy) is 1. The highest BCUT2D eigenvalue weighted by atomic mass is 35.5. The second-order valence-corrected chi connectivity index (χ2v) is 6.58. The van der Waals surface area contributed by atoms with E-state index in [0.29, 0.717) is 29.1 Å². The second-order valence-electron chi connectivity index (χ2n) is 5.20. The Labute approximate surface area is 154 Å². The van der Waals surface area contributed by atoms with Gasteiger partial charge in [-0.25, -0.2) is 0 Å². The van der Waals surface area contributed by atoms with Gasteiger partial charge in [0.05, 0.1) is 12.4 Å². The van der Waals surface area contributed by atoms with Crippen molar-refractivity contribution in [1.29, 1.82) is 0 Å². The van der Waals surface area contributed by atoms with E-state index in [-0.39, 0.29) is 0 Å². The summed E-state index contributed by atoms with van der Waals surface area (Å²) in [4.78, 5) is 4.41. The van der Waals surface area contributed by atoms with Crippen molar-refractivity contribution in [3.63, 3.8) is 0 Å². The summed E-state index contributed by atoms with van der Waals surface area (Å²) in [5, 5.41) is 14.0. The molecule has 0 saturated heterocycles. The fourth-order valence-corrected chi connectivity index (χ4v) is 3.36. The molecule has 0 amide bonds. The average Bonchev–Trinajstić information content (AvgIpc) is 3.24. The summed E-state index contributed by atoms with van der Waals surface area (Å²) in [6, 6.07) is 7.36. The van der Waals surface area contributed by atoms with Gasteiger partial charge < -0.3 is 13.8 Å². The third-order valence-corrected chi connectivity index (χ3v) is 4.70. The number of hydrogen-bond acceptors (Lipinski definition) is 7. The largest absolute Gasteiger partial charge is 0.384 e. The van der Waals surface area contributed by atoms with Gasteiger partial charge in [0.25, 0.3) is 0 Å². The first-order valence-electron chi connectivity index (χ1n) is 7.83. The zero-order chi connectivity index (χ0) is 17.6. The zero-order valence-corrected chi connectivity index (χ0v) is 15.5. The van der Waals surface area contributed by atoms with Gasteiger partial charge in [-0.2, -0.15) is 4.98 Å². The maximum absolute atomic E-state index is 6.00. The summed E-state index contributed by atoms with van der Waals surface area (Å²) < 4.78 is 12.5. The Morgan fingerprint density at radius 2 is 2.20 bits per heavy atom. The molecule has 3 rings (SSSR count). The van der Waals surface area contributed by atoms with Crippen LogP contribution in [-0.4, -0.2) is 38.6 Å². The number of nitrogens with zero attached hydrogens (tertiary/aromatic N) is 5. The van der Waals surface area contributed by atoms with E-state index >= 15 is 0 Å². The molecule has 9 heteroatoms. The Balaban J connectivity index is 1.67. The molecule has 0 aliphatic rings. The minimum Gasteiger partial charge on any atom is -0.384 e. The van der Waals surface area contributed by atoms with Gasteiger partial charge in [-0.1, -0.05) is 40.7 Å². The molecule has 132 valence electrons. The van der Waals surface area contributed by atoms with Crippen molar-refractivity contribution in [1.82, 2.24) is 24.9 Å². The van der Waals surface area contributed by atoms with Crippen LogP contribution < -0.4 is 0 Å². The van der Waals surface area contributed by atoms with E-state index < -0.39 is 0 Å². The predicted molar refractivity (Wildman–Crippen MR) is 95.6 cm³/mol. The standard InChI is InChI=1S/C16H18ClN5O2S/c1-3-22-13(7-8-23-2)19-20-16(22)25-10-14-18-15(21-24-14)11-5-4-6-12(17)9-11/h4-6,9H,3,7-8,10H2,1-2H3. The molecule has 2 heterocycles. The summed E-state index contributed by atoms with van der Waals surface area (Å²) in [6.07, 6.45) is 0.734. The first-order valence-corrected chi connectivity index (χ1v) is 9.20. The van der Waals surface area contributed by atoms with Gasteiger partial charge in [0.15, 0.2) is 5.16 Å². The highest BCUT2D eigenvalue weighted by Gasteiger charge is 2.14. The number of benzene rings is 1. The molecule has 0 bridgehead atoms. The Bertz CT molecular complexity index is 836. The van der Waals surface area contributed by atoms with Gasteiger partial charge in [-0.3, -0.25) is 0 Å². The van der Waals surface area contributed by atoms with Crippen molar-refractivity contribution < 1.29 is 9.26 Å². The number of thioether (sulfide) groups is 1. The maximum atomic E-state index is 6.00. The van der Waals surface area contributed by atoms with Gasteiger partial charge in [0.2, 0.25) is 11.7 Å². The molecule has 0 N–H and O–H groups in total. The van der Waals surface area contributed by atoms with Crippen LogP contribution in [0.1, 0.15) is 18.6 Å². The van der Waals surface area contributed by atoms with Crippen molar-refractivity contribution in [2.24, 2.45) is 0 Å². The molecule has 0 atom stereocenters. The van der Waals surface area contributed by atoms with Crippen LogP contribution >= 0.6 is 23.4 Å². The molecule has 0 aliphatic heterocycles. The fraction of sp³-hybridized carbons (Fsp3) is 0.375. The Hall–Kier alpha value is -1.90. The summed E-state index contributed by atoms with van der Waals surface area (Å²) in [6.45, 7) is 3.48. The Morgan fingerprint density at radius 1 is 1.32 bits per heavy atom. The van der Waals surface area contributed by atoms with Crippen LogP contribution in [0, 0.1) is 0 Å². The summed E-state index contributed by atoms with van der Waals surface area (Å²) in [7, 11) is 1.68. The first kappa shape index (κ1) is 17.9. The van der Waals surface area contributed by atoms with E-state index in [1.165, 1.54) is 11.8 Å². The SMILES string of the molecule is CCn1c(CCOC)nnc1SCc1nc(-c2cccc(Cl)c2)no1. The third kappa shape index (κ3) is 4.39. The van der Waals surface area contributed by atoms with E-state index in [9.17, 15) is 0 Å². The number of methoxy groups -OCH3 is 1. The molecule has 3 aromatic rings. The van der Waals surface area contributed by atoms with Crippen molar-refractivity contribution >= 4 is 23.4 Å².